The van der Waals surface area contributed by atoms with Gasteiger partial charge >= 0.3 is 5.97 Å². The summed E-state index contributed by atoms with van der Waals surface area (Å²) in [5.41, 5.74) is 0. The Kier molecular flexibility index (Phi) is 4.14. The van der Waals surface area contributed by atoms with Crippen molar-refractivity contribution in [1.82, 2.24) is 4.90 Å². The highest BCUT2D eigenvalue weighted by molar-refractivity contribution is 5.79. The second kappa shape index (κ2) is 5.40. The fourth-order valence-electron chi connectivity index (χ4n) is 1.35. The molecule has 0 radical (unpaired) electrons. The summed E-state index contributed by atoms with van der Waals surface area (Å²) in [6, 6.07) is 2.67. The zero-order valence-electron chi connectivity index (χ0n) is 8.02. The lowest BCUT2D eigenvalue weighted by molar-refractivity contribution is -0.131. The summed E-state index contributed by atoms with van der Waals surface area (Å²) < 4.78 is 0. The number of hydrogen-bond donors (Lipinski definition) is 1. The smallest absolute Gasteiger partial charge is 0.328 e. The third-order valence-corrected chi connectivity index (χ3v) is 2.17. The van der Waals surface area contributed by atoms with Crippen LogP contribution in [0.3, 0.4) is 0 Å². The van der Waals surface area contributed by atoms with Gasteiger partial charge in [0.15, 0.2) is 0 Å². The summed E-state index contributed by atoms with van der Waals surface area (Å²) in [5.74, 6) is -0.916. The molecule has 0 aliphatic heterocycles. The molecule has 0 saturated heterocycles. The molecule has 0 unspecified atom stereocenters. The molecule has 4 nitrogen and oxygen atoms in total. The molecule has 76 valence electrons. The van der Waals surface area contributed by atoms with Crippen molar-refractivity contribution in [2.24, 2.45) is 0 Å². The van der Waals surface area contributed by atoms with Crippen molar-refractivity contribution in [1.29, 1.82) is 5.26 Å². The van der Waals surface area contributed by atoms with E-state index in [1.165, 1.54) is 12.8 Å². The molecule has 0 aromatic heterocycles. The number of nitriles is 1. The van der Waals surface area contributed by atoms with Gasteiger partial charge in [0.05, 0.1) is 6.07 Å². The number of aliphatic carboxylic acids is 1. The third kappa shape index (κ3) is 4.06. The molecule has 0 aromatic carbocycles. The highest BCUT2D eigenvalue weighted by atomic mass is 16.4. The highest BCUT2D eigenvalue weighted by Gasteiger charge is 2.27. The van der Waals surface area contributed by atoms with Crippen LogP contribution in [0.15, 0.2) is 12.2 Å². The minimum atomic E-state index is -0.916. The Morgan fingerprint density at radius 1 is 1.64 bits per heavy atom. The van der Waals surface area contributed by atoms with E-state index in [-0.39, 0.29) is 0 Å². The lowest BCUT2D eigenvalue weighted by atomic mass is 10.3. The van der Waals surface area contributed by atoms with Crippen molar-refractivity contribution in [2.75, 3.05) is 13.1 Å². The second-order valence-corrected chi connectivity index (χ2v) is 3.37. The number of carboxylic acids is 1. The van der Waals surface area contributed by atoms with Crippen LogP contribution in [0.5, 0.6) is 0 Å². The summed E-state index contributed by atoms with van der Waals surface area (Å²) in [6.07, 6.45) is 5.65. The van der Waals surface area contributed by atoms with Crippen molar-refractivity contribution >= 4 is 5.97 Å². The first-order valence-corrected chi connectivity index (χ1v) is 4.74. The Hall–Kier alpha value is -1.34. The molecule has 0 bridgehead atoms. The van der Waals surface area contributed by atoms with Gasteiger partial charge in [-0.1, -0.05) is 6.08 Å². The Bertz CT molecular complexity index is 264. The first-order valence-electron chi connectivity index (χ1n) is 4.74. The minimum absolute atomic E-state index is 0.511. The maximum absolute atomic E-state index is 10.2. The van der Waals surface area contributed by atoms with E-state index < -0.39 is 5.97 Å². The fourth-order valence-corrected chi connectivity index (χ4v) is 1.35. The normalized spacial score (nSPS) is 16.0. The van der Waals surface area contributed by atoms with Gasteiger partial charge in [0.25, 0.3) is 0 Å². The van der Waals surface area contributed by atoms with Crippen LogP contribution in [-0.4, -0.2) is 35.1 Å². The van der Waals surface area contributed by atoms with Gasteiger partial charge in [0, 0.05) is 31.6 Å². The molecular weight excluding hydrogens is 180 g/mol. The average molecular weight is 194 g/mol. The summed E-state index contributed by atoms with van der Waals surface area (Å²) in [7, 11) is 0. The molecular formula is C10H14N2O2. The van der Waals surface area contributed by atoms with E-state index in [1.807, 2.05) is 0 Å². The van der Waals surface area contributed by atoms with Crippen LogP contribution in [0.4, 0.5) is 0 Å². The van der Waals surface area contributed by atoms with Crippen LogP contribution in [-0.2, 0) is 4.79 Å². The van der Waals surface area contributed by atoms with Crippen molar-refractivity contribution in [3.05, 3.63) is 12.2 Å². The number of carbonyl (C=O) groups is 1. The van der Waals surface area contributed by atoms with Gasteiger partial charge in [-0.25, -0.2) is 4.79 Å². The van der Waals surface area contributed by atoms with E-state index in [0.29, 0.717) is 19.0 Å². The molecule has 1 rings (SSSR count). The molecule has 1 N–H and O–H groups in total. The number of nitrogens with zero attached hydrogens (tertiary/aromatic N) is 2. The minimum Gasteiger partial charge on any atom is -0.478 e. The maximum Gasteiger partial charge on any atom is 0.328 e. The third-order valence-electron chi connectivity index (χ3n) is 2.17. The van der Waals surface area contributed by atoms with Crippen molar-refractivity contribution < 1.29 is 9.90 Å². The molecule has 1 aliphatic carbocycles. The standard InChI is InChI=1S/C10H14N2O2/c11-6-2-8-12(9-4-5-9)7-1-3-10(13)14/h1,3,9H,2,4-5,7-8H2,(H,13,14). The van der Waals surface area contributed by atoms with Gasteiger partial charge in [0.2, 0.25) is 0 Å². The molecule has 14 heavy (non-hydrogen) atoms. The number of rotatable bonds is 6. The molecule has 1 saturated carbocycles. The highest BCUT2D eigenvalue weighted by Crippen LogP contribution is 2.26. The molecule has 0 spiro atoms. The van der Waals surface area contributed by atoms with Crippen LogP contribution in [0.25, 0.3) is 0 Å². The van der Waals surface area contributed by atoms with E-state index in [9.17, 15) is 4.79 Å². The van der Waals surface area contributed by atoms with Crippen LogP contribution in [0.1, 0.15) is 19.3 Å². The number of carboxylic acid groups (broad SMARTS) is 1. The molecule has 4 heteroatoms. The maximum atomic E-state index is 10.2. The Morgan fingerprint density at radius 3 is 2.86 bits per heavy atom. The monoisotopic (exact) mass is 194 g/mol. The molecule has 0 amide bonds. The summed E-state index contributed by atoms with van der Waals surface area (Å²) in [5, 5.41) is 16.8. The molecule has 0 aromatic rings. The summed E-state index contributed by atoms with van der Waals surface area (Å²) >= 11 is 0. The van der Waals surface area contributed by atoms with Crippen LogP contribution in [0, 0.1) is 11.3 Å². The molecule has 1 fully saturated rings. The van der Waals surface area contributed by atoms with E-state index in [1.54, 1.807) is 6.08 Å². The Morgan fingerprint density at radius 2 is 2.36 bits per heavy atom. The van der Waals surface area contributed by atoms with E-state index in [0.717, 1.165) is 12.6 Å². The zero-order valence-corrected chi connectivity index (χ0v) is 8.02. The molecule has 1 aliphatic rings. The summed E-state index contributed by atoms with van der Waals surface area (Å²) in [6.45, 7) is 1.38. The molecule has 0 heterocycles. The van der Waals surface area contributed by atoms with Gasteiger partial charge in [-0.2, -0.15) is 5.26 Å². The van der Waals surface area contributed by atoms with Gasteiger partial charge in [0.1, 0.15) is 0 Å². The predicted octanol–water partition coefficient (Wildman–Crippen LogP) is 1.01. The molecule has 0 atom stereocenters. The van der Waals surface area contributed by atoms with E-state index in [2.05, 4.69) is 11.0 Å². The second-order valence-electron chi connectivity index (χ2n) is 3.37. The van der Waals surface area contributed by atoms with Crippen molar-refractivity contribution in [3.8, 4) is 6.07 Å². The van der Waals surface area contributed by atoms with Gasteiger partial charge < -0.3 is 5.11 Å². The topological polar surface area (TPSA) is 64.3 Å². The summed E-state index contributed by atoms with van der Waals surface area (Å²) in [4.78, 5) is 12.4. The zero-order chi connectivity index (χ0) is 10.4. The Labute approximate surface area is 83.4 Å². The quantitative estimate of drug-likeness (QED) is 0.641. The van der Waals surface area contributed by atoms with Crippen molar-refractivity contribution in [2.45, 2.75) is 25.3 Å². The van der Waals surface area contributed by atoms with Crippen LogP contribution < -0.4 is 0 Å². The average Bonchev–Trinajstić information content (AvgIpc) is 2.93. The lowest BCUT2D eigenvalue weighted by Crippen LogP contribution is -2.27. The van der Waals surface area contributed by atoms with Gasteiger partial charge in [-0.3, -0.25) is 4.90 Å². The first-order chi connectivity index (χ1) is 6.74. The first kappa shape index (κ1) is 10.7. The predicted molar refractivity (Wildman–Crippen MR) is 51.6 cm³/mol. The SMILES string of the molecule is N#CCCN(CC=CC(=O)O)C1CC1. The van der Waals surface area contributed by atoms with Gasteiger partial charge in [-0.15, -0.1) is 0 Å². The number of hydrogen-bond acceptors (Lipinski definition) is 3. The fraction of sp³-hybridized carbons (Fsp3) is 0.600. The van der Waals surface area contributed by atoms with Crippen molar-refractivity contribution in [3.63, 3.8) is 0 Å². The van der Waals surface area contributed by atoms with Crippen LogP contribution >= 0.6 is 0 Å². The largest absolute Gasteiger partial charge is 0.478 e. The van der Waals surface area contributed by atoms with Gasteiger partial charge in [-0.05, 0) is 12.8 Å². The Balaban J connectivity index is 2.28. The van der Waals surface area contributed by atoms with Crippen LogP contribution in [0.2, 0.25) is 0 Å². The van der Waals surface area contributed by atoms with E-state index in [4.69, 9.17) is 10.4 Å². The lowest BCUT2D eigenvalue weighted by Gasteiger charge is -2.17. The van der Waals surface area contributed by atoms with E-state index >= 15 is 0 Å².